The van der Waals surface area contributed by atoms with Crippen molar-refractivity contribution in [1.29, 1.82) is 0 Å². The van der Waals surface area contributed by atoms with Crippen molar-refractivity contribution in [2.45, 2.75) is 38.8 Å². The van der Waals surface area contributed by atoms with E-state index in [0.29, 0.717) is 12.5 Å². The molecule has 104 valence electrons. The number of rotatable bonds is 3. The van der Waals surface area contributed by atoms with E-state index in [0.717, 1.165) is 17.8 Å². The standard InChI is InChI=1S/C17H20N2O/c1-3-17(20)15-9-8-14(11-18-15)19-12(2)10-13-6-4-5-7-16(13)19/h4-9,11-12,17,20H,3,10H2,1-2H3/t12?,17-/m0/s1. The Morgan fingerprint density at radius 2 is 2.10 bits per heavy atom. The van der Waals surface area contributed by atoms with E-state index in [2.05, 4.69) is 47.1 Å². The normalized spacial score (nSPS) is 18.9. The first-order valence-corrected chi connectivity index (χ1v) is 7.22. The maximum absolute atomic E-state index is 9.82. The molecule has 1 aromatic heterocycles. The van der Waals surface area contributed by atoms with Crippen LogP contribution in [-0.4, -0.2) is 16.1 Å². The number of hydrogen-bond acceptors (Lipinski definition) is 3. The molecule has 0 aliphatic carbocycles. The van der Waals surface area contributed by atoms with E-state index in [-0.39, 0.29) is 0 Å². The summed E-state index contributed by atoms with van der Waals surface area (Å²) in [6.07, 6.45) is 3.16. The van der Waals surface area contributed by atoms with Gasteiger partial charge in [-0.15, -0.1) is 0 Å². The van der Waals surface area contributed by atoms with Crippen LogP contribution in [0.1, 0.15) is 37.6 Å². The van der Waals surface area contributed by atoms with Crippen molar-refractivity contribution in [3.63, 3.8) is 0 Å². The Hall–Kier alpha value is -1.87. The highest BCUT2D eigenvalue weighted by molar-refractivity contribution is 5.70. The largest absolute Gasteiger partial charge is 0.387 e. The molecule has 0 saturated carbocycles. The topological polar surface area (TPSA) is 36.4 Å². The second-order valence-corrected chi connectivity index (χ2v) is 5.42. The van der Waals surface area contributed by atoms with Crippen LogP contribution in [0.4, 0.5) is 11.4 Å². The lowest BCUT2D eigenvalue weighted by Gasteiger charge is -2.25. The minimum Gasteiger partial charge on any atom is -0.387 e. The van der Waals surface area contributed by atoms with E-state index < -0.39 is 6.10 Å². The average Bonchev–Trinajstić information content (AvgIpc) is 2.82. The first-order valence-electron chi connectivity index (χ1n) is 7.22. The highest BCUT2D eigenvalue weighted by Gasteiger charge is 2.26. The number of hydrogen-bond donors (Lipinski definition) is 1. The van der Waals surface area contributed by atoms with Crippen LogP contribution in [0.3, 0.4) is 0 Å². The fraction of sp³-hybridized carbons (Fsp3) is 0.353. The van der Waals surface area contributed by atoms with Crippen molar-refractivity contribution >= 4 is 11.4 Å². The van der Waals surface area contributed by atoms with Crippen molar-refractivity contribution in [1.82, 2.24) is 4.98 Å². The van der Waals surface area contributed by atoms with E-state index in [1.165, 1.54) is 11.3 Å². The van der Waals surface area contributed by atoms with Gasteiger partial charge in [0.2, 0.25) is 0 Å². The molecule has 1 N–H and O–H groups in total. The summed E-state index contributed by atoms with van der Waals surface area (Å²) < 4.78 is 0. The summed E-state index contributed by atoms with van der Waals surface area (Å²) in [4.78, 5) is 6.73. The first kappa shape index (κ1) is 13.1. The van der Waals surface area contributed by atoms with E-state index in [1.807, 2.05) is 19.2 Å². The summed E-state index contributed by atoms with van der Waals surface area (Å²) in [5.74, 6) is 0. The number of aliphatic hydroxyl groups is 1. The van der Waals surface area contributed by atoms with Gasteiger partial charge in [-0.05, 0) is 43.5 Å². The van der Waals surface area contributed by atoms with Gasteiger partial charge in [0.05, 0.1) is 23.7 Å². The predicted molar refractivity (Wildman–Crippen MR) is 81.2 cm³/mol. The lowest BCUT2D eigenvalue weighted by Crippen LogP contribution is -2.24. The zero-order valence-electron chi connectivity index (χ0n) is 12.0. The molecule has 20 heavy (non-hydrogen) atoms. The van der Waals surface area contributed by atoms with Crippen LogP contribution in [0.25, 0.3) is 0 Å². The number of fused-ring (bicyclic) bond motifs is 1. The summed E-state index contributed by atoms with van der Waals surface area (Å²) >= 11 is 0. The Morgan fingerprint density at radius 3 is 2.80 bits per heavy atom. The van der Waals surface area contributed by atoms with Crippen LogP contribution in [0.2, 0.25) is 0 Å². The van der Waals surface area contributed by atoms with Gasteiger partial charge in [0.25, 0.3) is 0 Å². The Balaban J connectivity index is 1.93. The van der Waals surface area contributed by atoms with Gasteiger partial charge in [0.1, 0.15) is 0 Å². The fourth-order valence-electron chi connectivity index (χ4n) is 2.91. The molecule has 0 spiro atoms. The summed E-state index contributed by atoms with van der Waals surface area (Å²) in [6.45, 7) is 4.19. The lowest BCUT2D eigenvalue weighted by atomic mass is 10.1. The Morgan fingerprint density at radius 1 is 1.30 bits per heavy atom. The van der Waals surface area contributed by atoms with Crippen LogP contribution in [-0.2, 0) is 6.42 Å². The smallest absolute Gasteiger partial charge is 0.0957 e. The van der Waals surface area contributed by atoms with Gasteiger partial charge in [0, 0.05) is 11.7 Å². The summed E-state index contributed by atoms with van der Waals surface area (Å²) in [5.41, 5.74) is 4.49. The number of nitrogens with zero attached hydrogens (tertiary/aromatic N) is 2. The predicted octanol–water partition coefficient (Wildman–Crippen LogP) is 3.61. The molecule has 2 atom stereocenters. The monoisotopic (exact) mass is 268 g/mol. The second kappa shape index (κ2) is 5.25. The van der Waals surface area contributed by atoms with Gasteiger partial charge < -0.3 is 10.0 Å². The number of aliphatic hydroxyl groups excluding tert-OH is 1. The zero-order valence-corrected chi connectivity index (χ0v) is 12.0. The van der Waals surface area contributed by atoms with Crippen molar-refractivity contribution < 1.29 is 5.11 Å². The first-order chi connectivity index (χ1) is 9.70. The van der Waals surface area contributed by atoms with Gasteiger partial charge in [-0.25, -0.2) is 0 Å². The molecule has 1 aliphatic heterocycles. The van der Waals surface area contributed by atoms with Gasteiger partial charge in [0.15, 0.2) is 0 Å². The molecule has 2 aromatic rings. The average molecular weight is 268 g/mol. The number of benzene rings is 1. The number of pyridine rings is 1. The van der Waals surface area contributed by atoms with Crippen molar-refractivity contribution in [2.24, 2.45) is 0 Å². The molecule has 3 rings (SSSR count). The van der Waals surface area contributed by atoms with E-state index >= 15 is 0 Å². The summed E-state index contributed by atoms with van der Waals surface area (Å²) in [5, 5.41) is 9.82. The van der Waals surface area contributed by atoms with Gasteiger partial charge in [-0.3, -0.25) is 4.98 Å². The quantitative estimate of drug-likeness (QED) is 0.924. The van der Waals surface area contributed by atoms with Crippen LogP contribution >= 0.6 is 0 Å². The Bertz CT molecular complexity index is 594. The second-order valence-electron chi connectivity index (χ2n) is 5.42. The number of anilines is 2. The molecule has 1 aromatic carbocycles. The minimum atomic E-state index is -0.465. The van der Waals surface area contributed by atoms with Crippen molar-refractivity contribution in [2.75, 3.05) is 4.90 Å². The maximum Gasteiger partial charge on any atom is 0.0957 e. The summed E-state index contributed by atoms with van der Waals surface area (Å²) in [6, 6.07) is 12.9. The van der Waals surface area contributed by atoms with Crippen molar-refractivity contribution in [3.05, 3.63) is 53.9 Å². The molecular weight excluding hydrogens is 248 g/mol. The highest BCUT2D eigenvalue weighted by Crippen LogP contribution is 2.37. The van der Waals surface area contributed by atoms with Gasteiger partial charge >= 0.3 is 0 Å². The molecule has 0 amide bonds. The molecule has 2 heterocycles. The number of para-hydroxylation sites is 1. The summed E-state index contributed by atoms with van der Waals surface area (Å²) in [7, 11) is 0. The third-order valence-corrected chi connectivity index (χ3v) is 3.98. The lowest BCUT2D eigenvalue weighted by molar-refractivity contribution is 0.169. The van der Waals surface area contributed by atoms with Crippen LogP contribution < -0.4 is 4.90 Å². The number of aromatic nitrogens is 1. The highest BCUT2D eigenvalue weighted by atomic mass is 16.3. The zero-order chi connectivity index (χ0) is 14.1. The molecule has 0 fully saturated rings. The Labute approximate surface area is 119 Å². The van der Waals surface area contributed by atoms with Crippen LogP contribution in [0.5, 0.6) is 0 Å². The molecule has 1 aliphatic rings. The van der Waals surface area contributed by atoms with Gasteiger partial charge in [-0.1, -0.05) is 25.1 Å². The molecule has 1 unspecified atom stereocenters. The maximum atomic E-state index is 9.82. The van der Waals surface area contributed by atoms with E-state index in [4.69, 9.17) is 0 Å². The molecule has 3 nitrogen and oxygen atoms in total. The minimum absolute atomic E-state index is 0.441. The third-order valence-electron chi connectivity index (χ3n) is 3.98. The van der Waals surface area contributed by atoms with Gasteiger partial charge in [-0.2, -0.15) is 0 Å². The molecule has 0 radical (unpaired) electrons. The van der Waals surface area contributed by atoms with E-state index in [1.54, 1.807) is 0 Å². The molecule has 0 bridgehead atoms. The molecule has 0 saturated heterocycles. The fourth-order valence-corrected chi connectivity index (χ4v) is 2.91. The third kappa shape index (κ3) is 2.18. The SMILES string of the molecule is CC[C@H](O)c1ccc(N2c3ccccc3CC2C)cn1. The Kier molecular flexibility index (Phi) is 3.45. The molecule has 3 heteroatoms. The van der Waals surface area contributed by atoms with Crippen LogP contribution in [0, 0.1) is 0 Å². The molecular formula is C17H20N2O. The van der Waals surface area contributed by atoms with E-state index in [9.17, 15) is 5.11 Å². The van der Waals surface area contributed by atoms with Crippen LogP contribution in [0.15, 0.2) is 42.6 Å². The van der Waals surface area contributed by atoms with Crippen molar-refractivity contribution in [3.8, 4) is 0 Å².